The molecule has 0 atom stereocenters. The summed E-state index contributed by atoms with van der Waals surface area (Å²) in [6.07, 6.45) is -0.530. The van der Waals surface area contributed by atoms with Crippen LogP contribution in [0.3, 0.4) is 0 Å². The number of benzene rings is 1. The van der Waals surface area contributed by atoms with Crippen molar-refractivity contribution < 1.29 is 14.3 Å². The van der Waals surface area contributed by atoms with Gasteiger partial charge in [-0.25, -0.2) is 9.59 Å². The number of halogens is 1. The van der Waals surface area contributed by atoms with Crippen molar-refractivity contribution in [3.8, 4) is 0 Å². The van der Waals surface area contributed by atoms with E-state index in [1.54, 1.807) is 32.3 Å². The number of anilines is 1. The highest BCUT2D eigenvalue weighted by Gasteiger charge is 2.16. The van der Waals surface area contributed by atoms with E-state index in [0.29, 0.717) is 16.3 Å². The molecule has 0 radical (unpaired) electrons. The van der Waals surface area contributed by atoms with Gasteiger partial charge in [-0.1, -0.05) is 11.6 Å². The second-order valence-corrected chi connectivity index (χ2v) is 6.51. The predicted molar refractivity (Wildman–Crippen MR) is 87.2 cm³/mol. The molecule has 122 valence electrons. The van der Waals surface area contributed by atoms with Gasteiger partial charge < -0.3 is 20.3 Å². The number of hydrogen-bond acceptors (Lipinski definition) is 3. The third-order valence-corrected chi connectivity index (χ3v) is 2.79. The molecule has 0 aliphatic heterocycles. The van der Waals surface area contributed by atoms with Gasteiger partial charge in [0.2, 0.25) is 0 Å². The Morgan fingerprint density at radius 2 is 1.91 bits per heavy atom. The minimum absolute atomic E-state index is 0.00547. The van der Waals surface area contributed by atoms with Gasteiger partial charge in [0.1, 0.15) is 6.61 Å². The lowest BCUT2D eigenvalue weighted by molar-refractivity contribution is 0.131. The zero-order valence-corrected chi connectivity index (χ0v) is 14.2. The quantitative estimate of drug-likeness (QED) is 0.893. The van der Waals surface area contributed by atoms with E-state index in [4.69, 9.17) is 16.3 Å². The van der Waals surface area contributed by atoms with Crippen molar-refractivity contribution >= 4 is 29.4 Å². The summed E-state index contributed by atoms with van der Waals surface area (Å²) in [6, 6.07) is 4.70. The molecule has 1 aromatic carbocycles. The number of rotatable bonds is 3. The van der Waals surface area contributed by atoms with E-state index in [-0.39, 0.29) is 18.2 Å². The summed E-state index contributed by atoms with van der Waals surface area (Å²) in [4.78, 5) is 24.8. The number of hydrogen-bond donors (Lipinski definition) is 2. The van der Waals surface area contributed by atoms with Crippen LogP contribution in [0.1, 0.15) is 26.3 Å². The summed E-state index contributed by atoms with van der Waals surface area (Å²) in [5, 5.41) is 5.92. The van der Waals surface area contributed by atoms with Crippen LogP contribution in [0.5, 0.6) is 0 Å². The largest absolute Gasteiger partial charge is 0.445 e. The maximum atomic E-state index is 11.7. The Balaban J connectivity index is 2.78. The number of amides is 3. The second-order valence-electron chi connectivity index (χ2n) is 6.08. The van der Waals surface area contributed by atoms with E-state index in [1.165, 1.54) is 4.90 Å². The van der Waals surface area contributed by atoms with Crippen LogP contribution < -0.4 is 10.6 Å². The molecule has 0 heterocycles. The Bertz CT molecular complexity index is 553. The molecule has 1 aromatic rings. The highest BCUT2D eigenvalue weighted by Crippen LogP contribution is 2.22. The van der Waals surface area contributed by atoms with Crippen LogP contribution in [-0.2, 0) is 11.3 Å². The molecule has 0 bridgehead atoms. The zero-order chi connectivity index (χ0) is 16.9. The molecule has 2 N–H and O–H groups in total. The molecule has 0 fully saturated rings. The van der Waals surface area contributed by atoms with Crippen molar-refractivity contribution in [1.82, 2.24) is 10.2 Å². The lowest BCUT2D eigenvalue weighted by atomic mass is 10.1. The average Bonchev–Trinajstić information content (AvgIpc) is 2.36. The van der Waals surface area contributed by atoms with Crippen molar-refractivity contribution in [3.63, 3.8) is 0 Å². The average molecular weight is 328 g/mol. The lowest BCUT2D eigenvalue weighted by Crippen LogP contribution is -2.40. The maximum absolute atomic E-state index is 11.7. The van der Waals surface area contributed by atoms with E-state index < -0.39 is 6.09 Å². The van der Waals surface area contributed by atoms with Crippen molar-refractivity contribution in [1.29, 1.82) is 0 Å². The Morgan fingerprint density at radius 1 is 1.27 bits per heavy atom. The van der Waals surface area contributed by atoms with Gasteiger partial charge in [-0.2, -0.15) is 0 Å². The van der Waals surface area contributed by atoms with Gasteiger partial charge in [-0.05, 0) is 39.0 Å². The zero-order valence-electron chi connectivity index (χ0n) is 13.5. The fraction of sp³-hybridized carbons (Fsp3) is 0.467. The van der Waals surface area contributed by atoms with Gasteiger partial charge in [0.05, 0.1) is 0 Å². The number of carbonyl (C=O) groups excluding carboxylic acids is 2. The standard InChI is InChI=1S/C15H22ClN3O3/c1-15(2,3)18-14(21)22-9-10-8-11(16)6-7-12(10)17-13(20)19(4)5/h6-8H,9H2,1-5H3,(H,17,20)(H,18,21). The van der Waals surface area contributed by atoms with E-state index in [9.17, 15) is 9.59 Å². The van der Waals surface area contributed by atoms with Crippen molar-refractivity contribution in [2.45, 2.75) is 32.9 Å². The van der Waals surface area contributed by atoms with E-state index >= 15 is 0 Å². The van der Waals surface area contributed by atoms with Crippen LogP contribution in [0.15, 0.2) is 18.2 Å². The third kappa shape index (κ3) is 6.22. The van der Waals surface area contributed by atoms with Crippen LogP contribution >= 0.6 is 11.6 Å². The van der Waals surface area contributed by atoms with Gasteiger partial charge in [-0.3, -0.25) is 0 Å². The highest BCUT2D eigenvalue weighted by atomic mass is 35.5. The minimum atomic E-state index is -0.530. The van der Waals surface area contributed by atoms with Gasteiger partial charge in [-0.15, -0.1) is 0 Å². The van der Waals surface area contributed by atoms with Crippen molar-refractivity contribution in [2.75, 3.05) is 19.4 Å². The van der Waals surface area contributed by atoms with E-state index in [0.717, 1.165) is 0 Å². The molecule has 0 aliphatic carbocycles. The van der Waals surface area contributed by atoms with Crippen LogP contribution in [-0.4, -0.2) is 36.7 Å². The van der Waals surface area contributed by atoms with Gasteiger partial charge in [0.25, 0.3) is 0 Å². The molecule has 6 nitrogen and oxygen atoms in total. The maximum Gasteiger partial charge on any atom is 0.407 e. The molecule has 0 spiro atoms. The van der Waals surface area contributed by atoms with Crippen molar-refractivity contribution in [3.05, 3.63) is 28.8 Å². The first-order valence-corrected chi connectivity index (χ1v) is 7.18. The molecule has 0 aromatic heterocycles. The third-order valence-electron chi connectivity index (χ3n) is 2.55. The van der Waals surface area contributed by atoms with E-state index in [2.05, 4.69) is 10.6 Å². The van der Waals surface area contributed by atoms with Gasteiger partial charge >= 0.3 is 12.1 Å². The fourth-order valence-electron chi connectivity index (χ4n) is 1.52. The fourth-order valence-corrected chi connectivity index (χ4v) is 1.71. The molecule has 22 heavy (non-hydrogen) atoms. The smallest absolute Gasteiger partial charge is 0.407 e. The van der Waals surface area contributed by atoms with Gasteiger partial charge in [0, 0.05) is 35.9 Å². The molecule has 1 rings (SSSR count). The molecule has 0 aliphatic rings. The van der Waals surface area contributed by atoms with Crippen LogP contribution in [0, 0.1) is 0 Å². The Kier molecular flexibility index (Phi) is 6.05. The summed E-state index contributed by atoms with van der Waals surface area (Å²) in [7, 11) is 3.27. The summed E-state index contributed by atoms with van der Waals surface area (Å²) in [5.41, 5.74) is 0.784. The highest BCUT2D eigenvalue weighted by molar-refractivity contribution is 6.30. The summed E-state index contributed by atoms with van der Waals surface area (Å²) >= 11 is 5.96. The normalized spacial score (nSPS) is 10.8. The Labute approximate surface area is 135 Å². The number of carbonyl (C=O) groups is 2. The molecular formula is C15H22ClN3O3. The first-order chi connectivity index (χ1) is 10.1. The van der Waals surface area contributed by atoms with Gasteiger partial charge in [0.15, 0.2) is 0 Å². The molecular weight excluding hydrogens is 306 g/mol. The monoisotopic (exact) mass is 327 g/mol. The molecule has 0 saturated heterocycles. The Hall–Kier alpha value is -1.95. The lowest BCUT2D eigenvalue weighted by Gasteiger charge is -2.20. The molecule has 0 saturated carbocycles. The summed E-state index contributed by atoms with van der Waals surface area (Å²) in [6.45, 7) is 5.58. The van der Waals surface area contributed by atoms with Crippen LogP contribution in [0.4, 0.5) is 15.3 Å². The minimum Gasteiger partial charge on any atom is -0.445 e. The first kappa shape index (κ1) is 18.1. The molecule has 3 amide bonds. The number of urea groups is 1. The number of nitrogens with zero attached hydrogens (tertiary/aromatic N) is 1. The summed E-state index contributed by atoms with van der Waals surface area (Å²) in [5.74, 6) is 0. The van der Waals surface area contributed by atoms with Crippen LogP contribution in [0.25, 0.3) is 0 Å². The molecule has 0 unspecified atom stereocenters. The number of alkyl carbamates (subject to hydrolysis) is 1. The molecule has 7 heteroatoms. The predicted octanol–water partition coefficient (Wildman–Crippen LogP) is 3.46. The number of nitrogens with one attached hydrogen (secondary N) is 2. The van der Waals surface area contributed by atoms with E-state index in [1.807, 2.05) is 20.8 Å². The first-order valence-electron chi connectivity index (χ1n) is 6.80. The number of ether oxygens (including phenoxy) is 1. The SMILES string of the molecule is CN(C)C(=O)Nc1ccc(Cl)cc1COC(=O)NC(C)(C)C. The van der Waals surface area contributed by atoms with Crippen molar-refractivity contribution in [2.24, 2.45) is 0 Å². The second kappa shape index (κ2) is 7.35. The summed E-state index contributed by atoms with van der Waals surface area (Å²) < 4.78 is 5.17. The Morgan fingerprint density at radius 3 is 2.45 bits per heavy atom. The van der Waals surface area contributed by atoms with Crippen LogP contribution in [0.2, 0.25) is 5.02 Å². The topological polar surface area (TPSA) is 70.7 Å².